The van der Waals surface area contributed by atoms with Crippen molar-refractivity contribution in [2.45, 2.75) is 6.92 Å². The summed E-state index contributed by atoms with van der Waals surface area (Å²) in [4.78, 5) is 11.2. The molecule has 0 spiro atoms. The highest BCUT2D eigenvalue weighted by atomic mass is 19.1. The second-order valence-electron chi connectivity index (χ2n) is 4.96. The van der Waals surface area contributed by atoms with Crippen LogP contribution in [0.25, 0.3) is 22.3 Å². The van der Waals surface area contributed by atoms with E-state index in [1.807, 2.05) is 24.3 Å². The highest BCUT2D eigenvalue weighted by Gasteiger charge is 2.18. The van der Waals surface area contributed by atoms with E-state index in [0.29, 0.717) is 11.3 Å². The Bertz CT molecular complexity index is 821. The van der Waals surface area contributed by atoms with E-state index in [1.165, 1.54) is 12.1 Å². The molecule has 5 heteroatoms. The van der Waals surface area contributed by atoms with E-state index >= 15 is 0 Å². The van der Waals surface area contributed by atoms with Crippen LogP contribution in [-0.4, -0.2) is 21.3 Å². The van der Waals surface area contributed by atoms with Gasteiger partial charge in [-0.15, -0.1) is 0 Å². The minimum atomic E-state index is -1.07. The van der Waals surface area contributed by atoms with Crippen molar-refractivity contribution in [2.24, 2.45) is 0 Å². The Balaban J connectivity index is 2.00. The number of aryl methyl sites for hydroxylation is 1. The quantitative estimate of drug-likeness (QED) is 0.770. The van der Waals surface area contributed by atoms with Crippen LogP contribution in [0.4, 0.5) is 4.39 Å². The highest BCUT2D eigenvalue weighted by molar-refractivity contribution is 5.94. The fourth-order valence-electron chi connectivity index (χ4n) is 2.41. The summed E-state index contributed by atoms with van der Waals surface area (Å²) in [6, 6.07) is 13.7. The van der Waals surface area contributed by atoms with Crippen LogP contribution in [0.5, 0.6) is 0 Å². The van der Waals surface area contributed by atoms with Gasteiger partial charge in [-0.05, 0) is 35.7 Å². The standard InChI is InChI=1S/C17H13FN2O2/c1-10-15(16(17(21)22)20-19-10)13-4-2-11(3-5-13)12-6-8-14(18)9-7-12/h2-9H,1H3,(H,19,20)(H,21,22). The van der Waals surface area contributed by atoms with Crippen molar-refractivity contribution in [1.29, 1.82) is 0 Å². The maximum absolute atomic E-state index is 13.0. The third-order valence-corrected chi connectivity index (χ3v) is 3.50. The number of nitrogens with one attached hydrogen (secondary N) is 1. The van der Waals surface area contributed by atoms with Gasteiger partial charge in [0.1, 0.15) is 5.82 Å². The predicted octanol–water partition coefficient (Wildman–Crippen LogP) is 3.89. The first-order chi connectivity index (χ1) is 10.6. The second kappa shape index (κ2) is 5.44. The number of benzene rings is 2. The van der Waals surface area contributed by atoms with Crippen LogP contribution in [0.3, 0.4) is 0 Å². The number of aromatic amines is 1. The minimum Gasteiger partial charge on any atom is -0.476 e. The van der Waals surface area contributed by atoms with Crippen molar-refractivity contribution < 1.29 is 14.3 Å². The van der Waals surface area contributed by atoms with E-state index in [9.17, 15) is 14.3 Å². The van der Waals surface area contributed by atoms with Gasteiger partial charge in [0.2, 0.25) is 0 Å². The summed E-state index contributed by atoms with van der Waals surface area (Å²) in [6.45, 7) is 1.78. The summed E-state index contributed by atoms with van der Waals surface area (Å²) >= 11 is 0. The van der Waals surface area contributed by atoms with Crippen molar-refractivity contribution >= 4 is 5.97 Å². The predicted molar refractivity (Wildman–Crippen MR) is 81.1 cm³/mol. The van der Waals surface area contributed by atoms with Gasteiger partial charge < -0.3 is 5.11 Å². The van der Waals surface area contributed by atoms with Crippen LogP contribution >= 0.6 is 0 Å². The van der Waals surface area contributed by atoms with Crippen LogP contribution in [-0.2, 0) is 0 Å². The smallest absolute Gasteiger partial charge is 0.357 e. The molecule has 4 nitrogen and oxygen atoms in total. The van der Waals surface area contributed by atoms with E-state index < -0.39 is 5.97 Å². The zero-order valence-corrected chi connectivity index (χ0v) is 11.8. The number of hydrogen-bond donors (Lipinski definition) is 2. The number of carboxylic acids is 1. The Kier molecular flexibility index (Phi) is 3.47. The fraction of sp³-hybridized carbons (Fsp3) is 0.0588. The molecule has 1 aromatic heterocycles. The number of nitrogens with zero attached hydrogens (tertiary/aromatic N) is 1. The van der Waals surface area contributed by atoms with Crippen molar-refractivity contribution in [1.82, 2.24) is 10.2 Å². The Hall–Kier alpha value is -2.95. The number of carbonyl (C=O) groups is 1. The van der Waals surface area contributed by atoms with E-state index in [2.05, 4.69) is 10.2 Å². The first kappa shape index (κ1) is 14.0. The van der Waals surface area contributed by atoms with Crippen molar-refractivity contribution in [3.63, 3.8) is 0 Å². The molecule has 22 heavy (non-hydrogen) atoms. The molecular weight excluding hydrogens is 283 g/mol. The maximum atomic E-state index is 13.0. The molecule has 0 aliphatic rings. The molecule has 1 heterocycles. The number of hydrogen-bond acceptors (Lipinski definition) is 2. The second-order valence-corrected chi connectivity index (χ2v) is 4.96. The van der Waals surface area contributed by atoms with Crippen LogP contribution in [0.1, 0.15) is 16.2 Å². The van der Waals surface area contributed by atoms with E-state index in [4.69, 9.17) is 0 Å². The number of aromatic carboxylic acids is 1. The van der Waals surface area contributed by atoms with Gasteiger partial charge in [0.15, 0.2) is 5.69 Å². The average Bonchev–Trinajstić information content (AvgIpc) is 2.90. The van der Waals surface area contributed by atoms with Crippen molar-refractivity contribution in [2.75, 3.05) is 0 Å². The normalized spacial score (nSPS) is 10.6. The lowest BCUT2D eigenvalue weighted by molar-refractivity contribution is 0.0691. The molecule has 0 saturated carbocycles. The van der Waals surface area contributed by atoms with Crippen molar-refractivity contribution in [3.05, 3.63) is 65.7 Å². The third kappa shape index (κ3) is 2.48. The maximum Gasteiger partial charge on any atom is 0.357 e. The van der Waals surface area contributed by atoms with Gasteiger partial charge in [-0.2, -0.15) is 5.10 Å². The summed E-state index contributed by atoms with van der Waals surface area (Å²) in [5.41, 5.74) is 3.89. The van der Waals surface area contributed by atoms with E-state index in [-0.39, 0.29) is 11.5 Å². The molecule has 0 saturated heterocycles. The molecule has 0 aliphatic carbocycles. The molecule has 2 aromatic carbocycles. The Morgan fingerprint density at radius 2 is 1.50 bits per heavy atom. The van der Waals surface area contributed by atoms with Gasteiger partial charge in [-0.3, -0.25) is 5.10 Å². The monoisotopic (exact) mass is 296 g/mol. The van der Waals surface area contributed by atoms with Crippen LogP contribution in [0.2, 0.25) is 0 Å². The first-order valence-corrected chi connectivity index (χ1v) is 6.71. The van der Waals surface area contributed by atoms with E-state index in [1.54, 1.807) is 19.1 Å². The van der Waals surface area contributed by atoms with Crippen LogP contribution in [0, 0.1) is 12.7 Å². The minimum absolute atomic E-state index is 0.00651. The SMILES string of the molecule is Cc1[nH]nc(C(=O)O)c1-c1ccc(-c2ccc(F)cc2)cc1. The summed E-state index contributed by atoms with van der Waals surface area (Å²) in [6.07, 6.45) is 0. The molecule has 3 aromatic rings. The van der Waals surface area contributed by atoms with Gasteiger partial charge in [0.05, 0.1) is 0 Å². The average molecular weight is 296 g/mol. The van der Waals surface area contributed by atoms with Gasteiger partial charge >= 0.3 is 5.97 Å². The molecule has 110 valence electrons. The van der Waals surface area contributed by atoms with Gasteiger partial charge in [0, 0.05) is 11.3 Å². The molecule has 3 rings (SSSR count). The third-order valence-electron chi connectivity index (χ3n) is 3.50. The van der Waals surface area contributed by atoms with Gasteiger partial charge in [-0.25, -0.2) is 9.18 Å². The Labute approximate surface area is 126 Å². The summed E-state index contributed by atoms with van der Waals surface area (Å²) in [7, 11) is 0. The highest BCUT2D eigenvalue weighted by Crippen LogP contribution is 2.28. The molecule has 0 unspecified atom stereocenters. The first-order valence-electron chi connectivity index (χ1n) is 6.71. The lowest BCUT2D eigenvalue weighted by Crippen LogP contribution is -1.99. The lowest BCUT2D eigenvalue weighted by Gasteiger charge is -2.05. The van der Waals surface area contributed by atoms with Crippen molar-refractivity contribution in [3.8, 4) is 22.3 Å². The molecule has 0 bridgehead atoms. The zero-order valence-electron chi connectivity index (χ0n) is 11.8. The number of rotatable bonds is 3. The number of H-pyrrole nitrogens is 1. The lowest BCUT2D eigenvalue weighted by atomic mass is 9.99. The fourth-order valence-corrected chi connectivity index (χ4v) is 2.41. The number of aromatic nitrogens is 2. The molecule has 0 atom stereocenters. The van der Waals surface area contributed by atoms with Gasteiger partial charge in [-0.1, -0.05) is 36.4 Å². The summed E-state index contributed by atoms with van der Waals surface area (Å²) in [5.74, 6) is -1.34. The van der Waals surface area contributed by atoms with E-state index in [0.717, 1.165) is 16.7 Å². The zero-order chi connectivity index (χ0) is 15.7. The molecule has 0 radical (unpaired) electrons. The molecule has 0 fully saturated rings. The Morgan fingerprint density at radius 1 is 1.00 bits per heavy atom. The van der Waals surface area contributed by atoms with Crippen LogP contribution in [0.15, 0.2) is 48.5 Å². The topological polar surface area (TPSA) is 66.0 Å². The summed E-state index contributed by atoms with van der Waals surface area (Å²) < 4.78 is 13.0. The molecule has 0 aliphatic heterocycles. The summed E-state index contributed by atoms with van der Waals surface area (Å²) in [5, 5.41) is 15.7. The molecular formula is C17H13FN2O2. The number of halogens is 1. The van der Waals surface area contributed by atoms with Gasteiger partial charge in [0.25, 0.3) is 0 Å². The largest absolute Gasteiger partial charge is 0.476 e. The number of carboxylic acid groups (broad SMARTS) is 1. The van der Waals surface area contributed by atoms with Crippen LogP contribution < -0.4 is 0 Å². The molecule has 0 amide bonds. The molecule has 2 N–H and O–H groups in total. The Morgan fingerprint density at radius 3 is 2.05 bits per heavy atom.